The first-order chi connectivity index (χ1) is 7.25. The van der Waals surface area contributed by atoms with E-state index < -0.39 is 0 Å². The van der Waals surface area contributed by atoms with E-state index in [0.29, 0.717) is 0 Å². The minimum atomic E-state index is 0.0248. The van der Waals surface area contributed by atoms with Crippen LogP contribution in [0.15, 0.2) is 0 Å². The van der Waals surface area contributed by atoms with Crippen LogP contribution in [0, 0.1) is 5.92 Å². The number of nitrogens with zero attached hydrogens (tertiary/aromatic N) is 1. The van der Waals surface area contributed by atoms with E-state index in [1.807, 2.05) is 0 Å². The molecule has 0 aromatic heterocycles. The van der Waals surface area contributed by atoms with Gasteiger partial charge in [-0.3, -0.25) is 4.79 Å². The number of ether oxygens (including phenoxy) is 1. The van der Waals surface area contributed by atoms with Crippen molar-refractivity contribution in [2.75, 3.05) is 33.2 Å². The molecule has 2 aliphatic rings. The minimum absolute atomic E-state index is 0.0248. The van der Waals surface area contributed by atoms with Crippen LogP contribution in [0.2, 0.25) is 0 Å². The first-order valence-electron chi connectivity index (χ1n) is 5.85. The highest BCUT2D eigenvalue weighted by molar-refractivity contribution is 5.72. The molecule has 1 atom stereocenters. The molecular weight excluding hydrogens is 192 g/mol. The number of carbonyl (C=O) groups excluding carboxylic acids is 1. The number of esters is 1. The van der Waals surface area contributed by atoms with Crippen molar-refractivity contribution >= 4 is 5.97 Å². The van der Waals surface area contributed by atoms with Gasteiger partial charge in [-0.25, -0.2) is 0 Å². The van der Waals surface area contributed by atoms with Gasteiger partial charge < -0.3 is 15.0 Å². The van der Waals surface area contributed by atoms with E-state index >= 15 is 0 Å². The van der Waals surface area contributed by atoms with E-state index in [2.05, 4.69) is 17.3 Å². The number of piperidine rings is 1. The Labute approximate surface area is 91.0 Å². The van der Waals surface area contributed by atoms with Crippen molar-refractivity contribution in [2.24, 2.45) is 5.92 Å². The van der Waals surface area contributed by atoms with Crippen LogP contribution in [0.5, 0.6) is 0 Å². The second-order valence-corrected chi connectivity index (χ2v) is 4.63. The van der Waals surface area contributed by atoms with E-state index in [0.717, 1.165) is 45.4 Å². The molecule has 0 unspecified atom stereocenters. The lowest BCUT2D eigenvalue weighted by molar-refractivity contribution is -0.154. The first kappa shape index (κ1) is 10.9. The molecule has 0 aromatic rings. The zero-order valence-electron chi connectivity index (χ0n) is 9.37. The van der Waals surface area contributed by atoms with Crippen LogP contribution in [-0.2, 0) is 9.53 Å². The number of carbonyl (C=O) groups is 1. The fourth-order valence-corrected chi connectivity index (χ4v) is 2.23. The Balaban J connectivity index is 1.75. The van der Waals surface area contributed by atoms with Gasteiger partial charge >= 0.3 is 5.97 Å². The van der Waals surface area contributed by atoms with Crippen molar-refractivity contribution in [3.8, 4) is 0 Å². The SMILES string of the molecule is CN1CCC(C(=O)O[C@@H]2CCNC2)CC1. The molecule has 0 amide bonds. The Hall–Kier alpha value is -0.610. The predicted molar refractivity (Wildman–Crippen MR) is 57.6 cm³/mol. The van der Waals surface area contributed by atoms with Gasteiger partial charge in [-0.05, 0) is 45.9 Å². The van der Waals surface area contributed by atoms with Crippen LogP contribution in [0.4, 0.5) is 0 Å². The summed E-state index contributed by atoms with van der Waals surface area (Å²) in [4.78, 5) is 14.1. The molecule has 0 aliphatic carbocycles. The summed E-state index contributed by atoms with van der Waals surface area (Å²) in [6, 6.07) is 0. The molecule has 4 heteroatoms. The number of nitrogens with one attached hydrogen (secondary N) is 1. The molecule has 0 spiro atoms. The van der Waals surface area contributed by atoms with Crippen molar-refractivity contribution in [3.05, 3.63) is 0 Å². The average molecular weight is 212 g/mol. The molecule has 4 nitrogen and oxygen atoms in total. The summed E-state index contributed by atoms with van der Waals surface area (Å²) in [5, 5.41) is 3.20. The van der Waals surface area contributed by atoms with Crippen molar-refractivity contribution in [2.45, 2.75) is 25.4 Å². The molecule has 2 fully saturated rings. The first-order valence-corrected chi connectivity index (χ1v) is 5.85. The van der Waals surface area contributed by atoms with Crippen LogP contribution in [0.1, 0.15) is 19.3 Å². The van der Waals surface area contributed by atoms with Crippen LogP contribution >= 0.6 is 0 Å². The molecule has 2 heterocycles. The van der Waals surface area contributed by atoms with Gasteiger partial charge in [0.05, 0.1) is 5.92 Å². The fourth-order valence-electron chi connectivity index (χ4n) is 2.23. The third kappa shape index (κ3) is 2.92. The van der Waals surface area contributed by atoms with Crippen molar-refractivity contribution in [1.82, 2.24) is 10.2 Å². The Morgan fingerprint density at radius 3 is 2.67 bits per heavy atom. The van der Waals surface area contributed by atoms with Crippen molar-refractivity contribution in [1.29, 1.82) is 0 Å². The highest BCUT2D eigenvalue weighted by Gasteiger charge is 2.27. The summed E-state index contributed by atoms with van der Waals surface area (Å²) in [6.07, 6.45) is 3.00. The molecule has 86 valence electrons. The van der Waals surface area contributed by atoms with Crippen molar-refractivity contribution < 1.29 is 9.53 Å². The smallest absolute Gasteiger partial charge is 0.309 e. The zero-order valence-corrected chi connectivity index (χ0v) is 9.37. The maximum absolute atomic E-state index is 11.8. The summed E-state index contributed by atoms with van der Waals surface area (Å²) in [5.41, 5.74) is 0. The highest BCUT2D eigenvalue weighted by atomic mass is 16.5. The Morgan fingerprint density at radius 1 is 1.33 bits per heavy atom. The third-order valence-electron chi connectivity index (χ3n) is 3.35. The maximum Gasteiger partial charge on any atom is 0.309 e. The summed E-state index contributed by atoms with van der Waals surface area (Å²) >= 11 is 0. The van der Waals surface area contributed by atoms with E-state index in [1.165, 1.54) is 0 Å². The largest absolute Gasteiger partial charge is 0.461 e. The number of hydrogen-bond acceptors (Lipinski definition) is 4. The van der Waals surface area contributed by atoms with Gasteiger partial charge in [0.25, 0.3) is 0 Å². The maximum atomic E-state index is 11.8. The van der Waals surface area contributed by atoms with Gasteiger partial charge in [0.2, 0.25) is 0 Å². The molecule has 0 aromatic carbocycles. The molecule has 2 rings (SSSR count). The third-order valence-corrected chi connectivity index (χ3v) is 3.35. The van der Waals surface area contributed by atoms with E-state index in [-0.39, 0.29) is 18.0 Å². The Morgan fingerprint density at radius 2 is 2.07 bits per heavy atom. The highest BCUT2D eigenvalue weighted by Crippen LogP contribution is 2.19. The Kier molecular flexibility index (Phi) is 3.59. The molecule has 15 heavy (non-hydrogen) atoms. The van der Waals surface area contributed by atoms with Crippen LogP contribution in [-0.4, -0.2) is 50.2 Å². The Bertz CT molecular complexity index is 219. The number of hydrogen-bond donors (Lipinski definition) is 1. The zero-order chi connectivity index (χ0) is 10.7. The molecule has 2 aliphatic heterocycles. The normalized spacial score (nSPS) is 29.3. The lowest BCUT2D eigenvalue weighted by Gasteiger charge is -2.28. The standard InChI is InChI=1S/C11H20N2O2/c1-13-6-3-9(4-7-13)11(14)15-10-2-5-12-8-10/h9-10,12H,2-8H2,1H3/t10-/m1/s1. The quantitative estimate of drug-likeness (QED) is 0.665. The van der Waals surface area contributed by atoms with Crippen molar-refractivity contribution in [3.63, 3.8) is 0 Å². The van der Waals surface area contributed by atoms with Crippen LogP contribution < -0.4 is 5.32 Å². The van der Waals surface area contributed by atoms with Gasteiger partial charge in [0, 0.05) is 6.54 Å². The molecule has 0 radical (unpaired) electrons. The summed E-state index contributed by atoms with van der Waals surface area (Å²) in [5.74, 6) is 0.165. The molecule has 0 saturated carbocycles. The van der Waals surface area contributed by atoms with Crippen LogP contribution in [0.3, 0.4) is 0 Å². The predicted octanol–water partition coefficient (Wildman–Crippen LogP) is 0.233. The van der Waals surface area contributed by atoms with Gasteiger partial charge in [0.1, 0.15) is 6.10 Å². The van der Waals surface area contributed by atoms with Gasteiger partial charge in [-0.1, -0.05) is 0 Å². The molecular formula is C11H20N2O2. The van der Waals surface area contributed by atoms with E-state index in [9.17, 15) is 4.79 Å². The summed E-state index contributed by atoms with van der Waals surface area (Å²) in [7, 11) is 2.10. The average Bonchev–Trinajstić information content (AvgIpc) is 2.71. The van der Waals surface area contributed by atoms with Gasteiger partial charge in [-0.2, -0.15) is 0 Å². The van der Waals surface area contributed by atoms with Crippen LogP contribution in [0.25, 0.3) is 0 Å². The molecule has 1 N–H and O–H groups in total. The second-order valence-electron chi connectivity index (χ2n) is 4.63. The lowest BCUT2D eigenvalue weighted by Crippen LogP contribution is -2.35. The number of likely N-dealkylation sites (tertiary alicyclic amines) is 1. The number of rotatable bonds is 2. The van der Waals surface area contributed by atoms with E-state index in [4.69, 9.17) is 4.74 Å². The van der Waals surface area contributed by atoms with Gasteiger partial charge in [-0.15, -0.1) is 0 Å². The lowest BCUT2D eigenvalue weighted by atomic mass is 9.97. The summed E-state index contributed by atoms with van der Waals surface area (Å²) in [6.45, 7) is 3.84. The summed E-state index contributed by atoms with van der Waals surface area (Å²) < 4.78 is 5.47. The van der Waals surface area contributed by atoms with Gasteiger partial charge in [0.15, 0.2) is 0 Å². The monoisotopic (exact) mass is 212 g/mol. The fraction of sp³-hybridized carbons (Fsp3) is 0.909. The molecule has 2 saturated heterocycles. The minimum Gasteiger partial charge on any atom is -0.461 e. The topological polar surface area (TPSA) is 41.6 Å². The molecule has 0 bridgehead atoms. The van der Waals surface area contributed by atoms with E-state index in [1.54, 1.807) is 0 Å². The second kappa shape index (κ2) is 4.94.